The maximum Gasteiger partial charge on any atom is 0.334 e. The van der Waals surface area contributed by atoms with Crippen molar-refractivity contribution >= 4 is 21.9 Å². The van der Waals surface area contributed by atoms with Gasteiger partial charge in [-0.3, -0.25) is 0 Å². The van der Waals surface area contributed by atoms with Gasteiger partial charge in [-0.2, -0.15) is 10.5 Å². The second-order valence-electron chi connectivity index (χ2n) is 4.54. The summed E-state index contributed by atoms with van der Waals surface area (Å²) in [6.07, 6.45) is 1.85. The van der Waals surface area contributed by atoms with E-state index in [1.165, 1.54) is 7.11 Å². The molecule has 1 aromatic rings. The van der Waals surface area contributed by atoms with Crippen molar-refractivity contribution in [2.45, 2.75) is 12.3 Å². The predicted octanol–water partition coefficient (Wildman–Crippen LogP) is 3.07. The Morgan fingerprint density at radius 1 is 1.45 bits per heavy atom. The van der Waals surface area contributed by atoms with Gasteiger partial charge in [0.1, 0.15) is 0 Å². The lowest BCUT2D eigenvalue weighted by Crippen LogP contribution is -2.25. The van der Waals surface area contributed by atoms with Crippen molar-refractivity contribution in [1.29, 1.82) is 10.5 Å². The average Bonchev–Trinajstić information content (AvgIpc) is 2.86. The normalized spacial score (nSPS) is 19.6. The molecule has 0 saturated heterocycles. The SMILES string of the molecule is COC(=O)C1=CCC(C#N)(C#N)[C@H]1c1cccc(Br)c1. The van der Waals surface area contributed by atoms with Gasteiger partial charge in [-0.25, -0.2) is 4.79 Å². The van der Waals surface area contributed by atoms with Crippen LogP contribution in [-0.4, -0.2) is 13.1 Å². The smallest absolute Gasteiger partial charge is 0.334 e. The van der Waals surface area contributed by atoms with Gasteiger partial charge >= 0.3 is 5.97 Å². The number of nitrogens with zero attached hydrogens (tertiary/aromatic N) is 2. The summed E-state index contributed by atoms with van der Waals surface area (Å²) >= 11 is 3.36. The number of carbonyl (C=O) groups is 1. The van der Waals surface area contributed by atoms with Crippen LogP contribution >= 0.6 is 15.9 Å². The van der Waals surface area contributed by atoms with E-state index in [0.717, 1.165) is 10.0 Å². The van der Waals surface area contributed by atoms with Gasteiger partial charge < -0.3 is 4.74 Å². The van der Waals surface area contributed by atoms with E-state index in [0.29, 0.717) is 5.57 Å². The Morgan fingerprint density at radius 2 is 2.15 bits per heavy atom. The van der Waals surface area contributed by atoms with Crippen LogP contribution in [0.4, 0.5) is 0 Å². The molecule has 2 rings (SSSR count). The van der Waals surface area contributed by atoms with Crippen LogP contribution in [0.5, 0.6) is 0 Å². The van der Waals surface area contributed by atoms with Crippen molar-refractivity contribution in [1.82, 2.24) is 0 Å². The van der Waals surface area contributed by atoms with Crippen LogP contribution < -0.4 is 0 Å². The Hall–Kier alpha value is -2.11. The lowest BCUT2D eigenvalue weighted by atomic mass is 9.73. The van der Waals surface area contributed by atoms with Crippen molar-refractivity contribution in [3.05, 3.63) is 46.0 Å². The third kappa shape index (κ3) is 2.21. The predicted molar refractivity (Wildman–Crippen MR) is 75.3 cm³/mol. The Kier molecular flexibility index (Phi) is 3.92. The zero-order chi connectivity index (χ0) is 14.8. The van der Waals surface area contributed by atoms with E-state index < -0.39 is 17.3 Å². The van der Waals surface area contributed by atoms with E-state index in [4.69, 9.17) is 4.74 Å². The van der Waals surface area contributed by atoms with Gasteiger partial charge in [-0.05, 0) is 24.1 Å². The van der Waals surface area contributed by atoms with Crippen LogP contribution in [0.3, 0.4) is 0 Å². The maximum atomic E-state index is 11.9. The first-order valence-corrected chi connectivity index (χ1v) is 6.73. The van der Waals surface area contributed by atoms with Gasteiger partial charge in [0.05, 0.1) is 19.2 Å². The zero-order valence-electron chi connectivity index (χ0n) is 10.8. The van der Waals surface area contributed by atoms with Crippen molar-refractivity contribution in [3.63, 3.8) is 0 Å². The first kappa shape index (κ1) is 14.3. The highest BCUT2D eigenvalue weighted by atomic mass is 79.9. The number of methoxy groups -OCH3 is 1. The highest BCUT2D eigenvalue weighted by Crippen LogP contribution is 2.49. The molecule has 1 aliphatic rings. The number of rotatable bonds is 2. The molecule has 0 aliphatic heterocycles. The van der Waals surface area contributed by atoms with Crippen LogP contribution in [-0.2, 0) is 9.53 Å². The number of esters is 1. The largest absolute Gasteiger partial charge is 0.466 e. The first-order chi connectivity index (χ1) is 9.57. The number of allylic oxidation sites excluding steroid dienone is 1. The van der Waals surface area contributed by atoms with E-state index >= 15 is 0 Å². The molecular weight excluding hydrogens is 320 g/mol. The summed E-state index contributed by atoms with van der Waals surface area (Å²) in [6.45, 7) is 0. The molecule has 0 bridgehead atoms. The van der Waals surface area contributed by atoms with Gasteiger partial charge in [-0.1, -0.05) is 34.1 Å². The molecule has 4 nitrogen and oxygen atoms in total. The second-order valence-corrected chi connectivity index (χ2v) is 5.45. The standard InChI is InChI=1S/C15H11BrN2O2/c1-20-14(19)12-5-6-15(8-17,9-18)13(12)10-3-2-4-11(16)7-10/h2-5,7,13H,6H2,1H3/t13-/m0/s1. The summed E-state index contributed by atoms with van der Waals surface area (Å²) < 4.78 is 5.59. The molecule has 1 aromatic carbocycles. The first-order valence-electron chi connectivity index (χ1n) is 5.94. The van der Waals surface area contributed by atoms with Crippen molar-refractivity contribution in [2.24, 2.45) is 5.41 Å². The molecule has 0 N–H and O–H groups in total. The van der Waals surface area contributed by atoms with Crippen molar-refractivity contribution < 1.29 is 9.53 Å². The van der Waals surface area contributed by atoms with Crippen molar-refractivity contribution in [3.8, 4) is 12.1 Å². The van der Waals surface area contributed by atoms with Crippen molar-refractivity contribution in [2.75, 3.05) is 7.11 Å². The number of carbonyl (C=O) groups excluding carboxylic acids is 1. The number of hydrogen-bond acceptors (Lipinski definition) is 4. The molecule has 20 heavy (non-hydrogen) atoms. The van der Waals surface area contributed by atoms with Gasteiger partial charge in [0.15, 0.2) is 5.41 Å². The maximum absolute atomic E-state index is 11.9. The molecule has 0 unspecified atom stereocenters. The number of nitriles is 2. The molecule has 100 valence electrons. The highest BCUT2D eigenvalue weighted by molar-refractivity contribution is 9.10. The second kappa shape index (κ2) is 5.48. The summed E-state index contributed by atoms with van der Waals surface area (Å²) in [6, 6.07) is 11.4. The van der Waals surface area contributed by atoms with E-state index in [1.807, 2.05) is 18.2 Å². The zero-order valence-corrected chi connectivity index (χ0v) is 12.3. The van der Waals surface area contributed by atoms with E-state index in [-0.39, 0.29) is 6.42 Å². The molecule has 0 fully saturated rings. The Morgan fingerprint density at radius 3 is 2.70 bits per heavy atom. The van der Waals surface area contributed by atoms with Crippen LogP contribution in [0.1, 0.15) is 17.9 Å². The molecule has 1 aliphatic carbocycles. The Bertz CT molecular complexity index is 653. The molecule has 0 aromatic heterocycles. The quantitative estimate of drug-likeness (QED) is 0.781. The molecule has 0 saturated carbocycles. The molecule has 0 spiro atoms. The van der Waals surface area contributed by atoms with Crippen LogP contribution in [0, 0.1) is 28.1 Å². The third-order valence-electron chi connectivity index (χ3n) is 3.45. The number of benzene rings is 1. The topological polar surface area (TPSA) is 73.9 Å². The Balaban J connectivity index is 2.58. The fourth-order valence-electron chi connectivity index (χ4n) is 2.49. The van der Waals surface area contributed by atoms with Gasteiger partial charge in [0, 0.05) is 16.0 Å². The minimum absolute atomic E-state index is 0.224. The molecule has 1 atom stereocenters. The van der Waals surface area contributed by atoms with Crippen LogP contribution in [0.25, 0.3) is 0 Å². The molecule has 0 heterocycles. The fraction of sp³-hybridized carbons (Fsp3) is 0.267. The Labute approximate surface area is 125 Å². The van der Waals surface area contributed by atoms with Gasteiger partial charge in [0.2, 0.25) is 0 Å². The van der Waals surface area contributed by atoms with E-state index in [2.05, 4.69) is 28.1 Å². The minimum Gasteiger partial charge on any atom is -0.466 e. The monoisotopic (exact) mass is 330 g/mol. The molecule has 0 radical (unpaired) electrons. The van der Waals surface area contributed by atoms with E-state index in [1.54, 1.807) is 12.1 Å². The van der Waals surface area contributed by atoms with Gasteiger partial charge in [0.25, 0.3) is 0 Å². The van der Waals surface area contributed by atoms with Crippen LogP contribution in [0.2, 0.25) is 0 Å². The summed E-state index contributed by atoms with van der Waals surface area (Å²) in [7, 11) is 1.29. The highest BCUT2D eigenvalue weighted by Gasteiger charge is 2.48. The van der Waals surface area contributed by atoms with Crippen LogP contribution in [0.15, 0.2) is 40.4 Å². The number of ether oxygens (including phenoxy) is 1. The summed E-state index contributed by atoms with van der Waals surface area (Å²) in [4.78, 5) is 11.9. The molecular formula is C15H11BrN2O2. The number of halogens is 1. The average molecular weight is 331 g/mol. The fourth-order valence-corrected chi connectivity index (χ4v) is 2.90. The third-order valence-corrected chi connectivity index (χ3v) is 3.94. The summed E-state index contributed by atoms with van der Waals surface area (Å²) in [5.74, 6) is -1.09. The lowest BCUT2D eigenvalue weighted by molar-refractivity contribution is -0.136. The summed E-state index contributed by atoms with van der Waals surface area (Å²) in [5, 5.41) is 18.8. The molecule has 0 amide bonds. The molecule has 5 heteroatoms. The summed E-state index contributed by atoms with van der Waals surface area (Å²) in [5.41, 5.74) is -0.144. The van der Waals surface area contributed by atoms with E-state index in [9.17, 15) is 15.3 Å². The number of hydrogen-bond donors (Lipinski definition) is 0. The minimum atomic E-state index is -1.26. The van der Waals surface area contributed by atoms with Gasteiger partial charge in [-0.15, -0.1) is 0 Å². The lowest BCUT2D eigenvalue weighted by Gasteiger charge is -2.24.